The summed E-state index contributed by atoms with van der Waals surface area (Å²) in [7, 11) is -9.91. The Bertz CT molecular complexity index is 1870. The lowest BCUT2D eigenvalue weighted by Gasteiger charge is -2.21. The van der Waals surface area contributed by atoms with Crippen molar-refractivity contribution in [1.29, 1.82) is 0 Å². The highest BCUT2D eigenvalue weighted by Crippen LogP contribution is 2.45. The summed E-state index contributed by atoms with van der Waals surface area (Å²) >= 11 is 0. The minimum absolute atomic E-state index is 0.102. The molecule has 0 rings (SSSR count). The summed E-state index contributed by atoms with van der Waals surface area (Å²) in [6.45, 7) is 14.1. The molecular formula is C76H148O17P2. The molecule has 0 aliphatic heterocycles. The molecule has 19 heteroatoms. The van der Waals surface area contributed by atoms with Crippen molar-refractivity contribution in [1.82, 2.24) is 0 Å². The number of unbranched alkanes of at least 4 members (excludes halogenated alkanes) is 38. The molecule has 0 heterocycles. The van der Waals surface area contributed by atoms with E-state index in [9.17, 15) is 43.2 Å². The maximum Gasteiger partial charge on any atom is 0.472 e. The monoisotopic (exact) mass is 1400 g/mol. The lowest BCUT2D eigenvalue weighted by molar-refractivity contribution is -0.161. The molecule has 564 valence electrons. The molecule has 0 radical (unpaired) electrons. The van der Waals surface area contributed by atoms with E-state index in [4.69, 9.17) is 37.0 Å². The van der Waals surface area contributed by atoms with Gasteiger partial charge in [0.25, 0.3) is 0 Å². The van der Waals surface area contributed by atoms with Crippen LogP contribution >= 0.6 is 15.6 Å². The average molecular weight is 1400 g/mol. The van der Waals surface area contributed by atoms with E-state index in [2.05, 4.69) is 55.4 Å². The molecule has 0 aromatic rings. The van der Waals surface area contributed by atoms with Crippen molar-refractivity contribution in [3.63, 3.8) is 0 Å². The van der Waals surface area contributed by atoms with Crippen LogP contribution in [0.1, 0.15) is 383 Å². The number of carbonyl (C=O) groups is 4. The Morgan fingerprint density at radius 2 is 0.505 bits per heavy atom. The second kappa shape index (κ2) is 65.4. The zero-order valence-corrected chi connectivity index (χ0v) is 64.1. The first-order valence-corrected chi connectivity index (χ1v) is 42.2. The van der Waals surface area contributed by atoms with Crippen molar-refractivity contribution in [2.45, 2.75) is 401 Å². The van der Waals surface area contributed by atoms with Crippen LogP contribution in [-0.4, -0.2) is 96.7 Å². The molecule has 3 N–H and O–H groups in total. The van der Waals surface area contributed by atoms with E-state index < -0.39 is 97.5 Å². The largest absolute Gasteiger partial charge is 0.472 e. The molecule has 0 saturated carbocycles. The van der Waals surface area contributed by atoms with Gasteiger partial charge in [0.15, 0.2) is 12.2 Å². The van der Waals surface area contributed by atoms with Gasteiger partial charge in [-0.1, -0.05) is 331 Å². The number of aliphatic hydroxyl groups excluding tert-OH is 1. The Balaban J connectivity index is 5.21. The Kier molecular flexibility index (Phi) is 64.0. The minimum Gasteiger partial charge on any atom is -0.462 e. The normalized spacial score (nSPS) is 14.4. The first-order valence-electron chi connectivity index (χ1n) is 39.2. The SMILES string of the molecule is CCC(C)CCCCCCCCC(=O)O[C@H](COC(=O)CCCCCCCCC(C)C)COP(=O)(O)OC[C@H](O)COP(=O)(O)OC[C@@H](COC(=O)CCCCCCCCCCCCCCCCC(C)C)OC(=O)CCCCCCCCCCCCCCCCCCC(C)C. The highest BCUT2D eigenvalue weighted by molar-refractivity contribution is 7.47. The van der Waals surface area contributed by atoms with Crippen LogP contribution in [0, 0.1) is 23.7 Å². The number of phosphoric acid groups is 2. The average Bonchev–Trinajstić information content (AvgIpc) is 1.48. The summed E-state index contributed by atoms with van der Waals surface area (Å²) in [5, 5.41) is 10.6. The lowest BCUT2D eigenvalue weighted by Crippen LogP contribution is -2.30. The number of rotatable bonds is 73. The van der Waals surface area contributed by atoms with E-state index in [0.717, 1.165) is 114 Å². The van der Waals surface area contributed by atoms with E-state index in [1.54, 1.807) is 0 Å². The maximum absolute atomic E-state index is 13.1. The van der Waals surface area contributed by atoms with Crippen molar-refractivity contribution in [3.05, 3.63) is 0 Å². The predicted molar refractivity (Wildman–Crippen MR) is 386 cm³/mol. The van der Waals surface area contributed by atoms with Crippen molar-refractivity contribution in [2.24, 2.45) is 23.7 Å². The summed E-state index contributed by atoms with van der Waals surface area (Å²) in [6, 6.07) is 0. The molecule has 0 fully saturated rings. The van der Waals surface area contributed by atoms with Crippen molar-refractivity contribution in [3.8, 4) is 0 Å². The number of esters is 4. The molecule has 6 atom stereocenters. The molecule has 95 heavy (non-hydrogen) atoms. The van der Waals surface area contributed by atoms with Gasteiger partial charge < -0.3 is 33.8 Å². The molecule has 0 aliphatic carbocycles. The third kappa shape index (κ3) is 69.0. The Labute approximate surface area is 581 Å². The lowest BCUT2D eigenvalue weighted by atomic mass is 10.00. The van der Waals surface area contributed by atoms with Crippen LogP contribution in [0.25, 0.3) is 0 Å². The third-order valence-corrected chi connectivity index (χ3v) is 19.8. The second-order valence-electron chi connectivity index (χ2n) is 29.1. The number of hydrogen-bond acceptors (Lipinski definition) is 15. The summed E-state index contributed by atoms with van der Waals surface area (Å²) in [6.07, 6.45) is 50.3. The predicted octanol–water partition coefficient (Wildman–Crippen LogP) is 22.0. The van der Waals surface area contributed by atoms with Gasteiger partial charge in [-0.25, -0.2) is 9.13 Å². The topological polar surface area (TPSA) is 237 Å². The van der Waals surface area contributed by atoms with E-state index in [1.165, 1.54) is 180 Å². The van der Waals surface area contributed by atoms with Gasteiger partial charge in [0.05, 0.1) is 26.4 Å². The third-order valence-electron chi connectivity index (χ3n) is 17.9. The second-order valence-corrected chi connectivity index (χ2v) is 32.0. The molecule has 0 amide bonds. The molecule has 0 aliphatic rings. The molecule has 0 saturated heterocycles. The van der Waals surface area contributed by atoms with Crippen molar-refractivity contribution < 1.29 is 80.2 Å². The number of aliphatic hydroxyl groups is 1. The van der Waals surface area contributed by atoms with Gasteiger partial charge in [-0.15, -0.1) is 0 Å². The standard InChI is InChI=1S/C76H148O17P2/c1-9-69(8)55-47-39-33-35-43-51-59-76(81)93-72(63-87-74(79)57-49-41-34-32-38-46-54-68(6)7)65-91-95(84,85)89-61-70(77)60-88-94(82,83)90-64-71(62-86-73(78)56-48-40-30-26-22-18-15-14-17-21-25-29-37-45-53-67(4)5)92-75(80)58-50-42-31-27-23-19-13-11-10-12-16-20-24-28-36-44-52-66(2)3/h66-72,77H,9-65H2,1-8H3,(H,82,83)(H,84,85)/t69?,70-,71-,72-/m1/s1. The summed E-state index contributed by atoms with van der Waals surface area (Å²) < 4.78 is 68.4. The molecular weight excluding hydrogens is 1250 g/mol. The van der Waals surface area contributed by atoms with E-state index in [0.29, 0.717) is 31.6 Å². The van der Waals surface area contributed by atoms with E-state index in [1.807, 2.05) is 0 Å². The van der Waals surface area contributed by atoms with Gasteiger partial charge in [-0.05, 0) is 49.4 Å². The van der Waals surface area contributed by atoms with Gasteiger partial charge >= 0.3 is 39.5 Å². The van der Waals surface area contributed by atoms with Crippen molar-refractivity contribution in [2.75, 3.05) is 39.6 Å². The van der Waals surface area contributed by atoms with Crippen LogP contribution in [0.15, 0.2) is 0 Å². The van der Waals surface area contributed by atoms with Crippen LogP contribution in [0.3, 0.4) is 0 Å². The van der Waals surface area contributed by atoms with Crippen molar-refractivity contribution >= 4 is 39.5 Å². The van der Waals surface area contributed by atoms with Gasteiger partial charge in [-0.3, -0.25) is 37.3 Å². The molecule has 0 bridgehead atoms. The smallest absolute Gasteiger partial charge is 0.462 e. The summed E-state index contributed by atoms with van der Waals surface area (Å²) in [4.78, 5) is 72.7. The van der Waals surface area contributed by atoms with E-state index in [-0.39, 0.29) is 25.7 Å². The first-order chi connectivity index (χ1) is 45.6. The fourth-order valence-corrected chi connectivity index (χ4v) is 13.1. The van der Waals surface area contributed by atoms with Crippen LogP contribution in [-0.2, 0) is 65.4 Å². The molecule has 0 aromatic heterocycles. The zero-order valence-electron chi connectivity index (χ0n) is 62.3. The Hall–Kier alpha value is -1.94. The highest BCUT2D eigenvalue weighted by atomic mass is 31.2. The van der Waals surface area contributed by atoms with Crippen LogP contribution in [0.2, 0.25) is 0 Å². The van der Waals surface area contributed by atoms with Crippen LogP contribution in [0.5, 0.6) is 0 Å². The molecule has 17 nitrogen and oxygen atoms in total. The number of phosphoric ester groups is 2. The van der Waals surface area contributed by atoms with Gasteiger partial charge in [0.2, 0.25) is 0 Å². The summed E-state index contributed by atoms with van der Waals surface area (Å²) in [5.74, 6) is 0.882. The fraction of sp³-hybridized carbons (Fsp3) is 0.947. The quantitative estimate of drug-likeness (QED) is 0.0222. The summed E-state index contributed by atoms with van der Waals surface area (Å²) in [5.41, 5.74) is 0. The Morgan fingerprint density at radius 1 is 0.295 bits per heavy atom. The number of carbonyl (C=O) groups excluding carboxylic acids is 4. The molecule has 0 aromatic carbocycles. The number of hydrogen-bond donors (Lipinski definition) is 3. The van der Waals surface area contributed by atoms with Gasteiger partial charge in [0.1, 0.15) is 19.3 Å². The van der Waals surface area contributed by atoms with Crippen LogP contribution in [0.4, 0.5) is 0 Å². The van der Waals surface area contributed by atoms with Gasteiger partial charge in [0, 0.05) is 25.7 Å². The highest BCUT2D eigenvalue weighted by Gasteiger charge is 2.30. The van der Waals surface area contributed by atoms with Crippen LogP contribution < -0.4 is 0 Å². The molecule has 0 spiro atoms. The minimum atomic E-state index is -4.96. The van der Waals surface area contributed by atoms with E-state index >= 15 is 0 Å². The number of ether oxygens (including phenoxy) is 4. The first kappa shape index (κ1) is 93.1. The maximum atomic E-state index is 13.1. The molecule has 3 unspecified atom stereocenters. The Morgan fingerprint density at radius 3 is 0.747 bits per heavy atom. The van der Waals surface area contributed by atoms with Gasteiger partial charge in [-0.2, -0.15) is 0 Å². The fourth-order valence-electron chi connectivity index (χ4n) is 11.5. The zero-order chi connectivity index (χ0) is 70.3.